The van der Waals surface area contributed by atoms with Crippen LogP contribution in [0.1, 0.15) is 40.7 Å². The number of fused-ring (bicyclic) bond motifs is 1. The van der Waals surface area contributed by atoms with E-state index in [4.69, 9.17) is 0 Å². The Labute approximate surface area is 118 Å². The summed E-state index contributed by atoms with van der Waals surface area (Å²) in [5.74, 6) is -0.581. The van der Waals surface area contributed by atoms with Gasteiger partial charge in [0.05, 0.1) is 11.7 Å². The SMILES string of the molecule is OC1CC(c2ccc(F)cc2)c2ccc(C(F)(F)F)cc21. The molecule has 0 amide bonds. The molecule has 0 saturated carbocycles. The Morgan fingerprint density at radius 2 is 1.62 bits per heavy atom. The smallest absolute Gasteiger partial charge is 0.388 e. The fourth-order valence-electron chi connectivity index (χ4n) is 2.84. The van der Waals surface area contributed by atoms with Gasteiger partial charge in [-0.2, -0.15) is 13.2 Å². The molecule has 0 aliphatic heterocycles. The van der Waals surface area contributed by atoms with Crippen LogP contribution >= 0.6 is 0 Å². The Bertz CT molecular complexity index is 661. The summed E-state index contributed by atoms with van der Waals surface area (Å²) < 4.78 is 51.1. The quantitative estimate of drug-likeness (QED) is 0.773. The molecular weight excluding hydrogens is 284 g/mol. The van der Waals surface area contributed by atoms with Gasteiger partial charge in [-0.15, -0.1) is 0 Å². The second kappa shape index (κ2) is 4.84. The molecule has 0 fully saturated rings. The van der Waals surface area contributed by atoms with Gasteiger partial charge in [0, 0.05) is 5.92 Å². The Morgan fingerprint density at radius 1 is 0.952 bits per heavy atom. The molecule has 5 heteroatoms. The van der Waals surface area contributed by atoms with Crippen molar-refractivity contribution in [2.75, 3.05) is 0 Å². The Kier molecular flexibility index (Phi) is 3.24. The molecule has 0 aromatic heterocycles. The first kappa shape index (κ1) is 14.1. The van der Waals surface area contributed by atoms with Crippen LogP contribution in [0.3, 0.4) is 0 Å². The summed E-state index contributed by atoms with van der Waals surface area (Å²) in [4.78, 5) is 0. The molecule has 0 radical (unpaired) electrons. The van der Waals surface area contributed by atoms with Crippen molar-refractivity contribution >= 4 is 0 Å². The molecule has 0 heterocycles. The van der Waals surface area contributed by atoms with Crippen LogP contribution < -0.4 is 0 Å². The lowest BCUT2D eigenvalue weighted by Gasteiger charge is -2.13. The van der Waals surface area contributed by atoms with Gasteiger partial charge in [0.2, 0.25) is 0 Å². The highest BCUT2D eigenvalue weighted by Crippen LogP contribution is 2.45. The van der Waals surface area contributed by atoms with E-state index in [1.54, 1.807) is 12.1 Å². The summed E-state index contributed by atoms with van der Waals surface area (Å²) >= 11 is 0. The first-order valence-corrected chi connectivity index (χ1v) is 6.51. The third-order valence-electron chi connectivity index (χ3n) is 3.88. The minimum Gasteiger partial charge on any atom is -0.388 e. The van der Waals surface area contributed by atoms with E-state index < -0.39 is 17.8 Å². The highest BCUT2D eigenvalue weighted by molar-refractivity contribution is 5.46. The third kappa shape index (κ3) is 2.53. The number of aliphatic hydroxyl groups is 1. The lowest BCUT2D eigenvalue weighted by Crippen LogP contribution is -2.06. The molecule has 2 unspecified atom stereocenters. The lowest BCUT2D eigenvalue weighted by atomic mass is 9.92. The molecule has 0 spiro atoms. The molecule has 2 aromatic carbocycles. The second-order valence-electron chi connectivity index (χ2n) is 5.20. The van der Waals surface area contributed by atoms with Crippen LogP contribution in [0.25, 0.3) is 0 Å². The largest absolute Gasteiger partial charge is 0.416 e. The minimum atomic E-state index is -4.43. The maximum atomic E-state index is 13.0. The molecular formula is C16H12F4O. The number of hydrogen-bond donors (Lipinski definition) is 1. The van der Waals surface area contributed by atoms with Crippen LogP contribution in [0.5, 0.6) is 0 Å². The summed E-state index contributed by atoms with van der Waals surface area (Å²) in [5.41, 5.74) is 0.996. The third-order valence-corrected chi connectivity index (χ3v) is 3.88. The Balaban J connectivity index is 2.02. The van der Waals surface area contributed by atoms with Crippen molar-refractivity contribution in [3.05, 3.63) is 70.5 Å². The average molecular weight is 296 g/mol. The predicted octanol–water partition coefficient (Wildman–Crippen LogP) is 4.41. The van der Waals surface area contributed by atoms with Crippen molar-refractivity contribution in [1.82, 2.24) is 0 Å². The maximum Gasteiger partial charge on any atom is 0.416 e. The summed E-state index contributed by atoms with van der Waals surface area (Å²) in [5, 5.41) is 10.0. The molecule has 1 nitrogen and oxygen atoms in total. The first-order chi connectivity index (χ1) is 9.86. The van der Waals surface area contributed by atoms with E-state index in [0.717, 1.165) is 17.7 Å². The number of rotatable bonds is 1. The van der Waals surface area contributed by atoms with Crippen molar-refractivity contribution in [2.45, 2.75) is 24.6 Å². The molecule has 1 N–H and O–H groups in total. The van der Waals surface area contributed by atoms with Gasteiger partial charge in [0.1, 0.15) is 5.82 Å². The fourth-order valence-corrected chi connectivity index (χ4v) is 2.84. The van der Waals surface area contributed by atoms with Gasteiger partial charge in [-0.1, -0.05) is 18.2 Å². The topological polar surface area (TPSA) is 20.2 Å². The van der Waals surface area contributed by atoms with Crippen molar-refractivity contribution in [2.24, 2.45) is 0 Å². The van der Waals surface area contributed by atoms with Crippen molar-refractivity contribution in [3.8, 4) is 0 Å². The van der Waals surface area contributed by atoms with E-state index in [-0.39, 0.29) is 11.7 Å². The molecule has 0 bridgehead atoms. The van der Waals surface area contributed by atoms with Gasteiger partial charge in [0.25, 0.3) is 0 Å². The van der Waals surface area contributed by atoms with Gasteiger partial charge in [-0.3, -0.25) is 0 Å². The fraction of sp³-hybridized carbons (Fsp3) is 0.250. The number of hydrogen-bond acceptors (Lipinski definition) is 1. The van der Waals surface area contributed by atoms with Crippen LogP contribution in [0.2, 0.25) is 0 Å². The molecule has 3 rings (SSSR count). The van der Waals surface area contributed by atoms with Crippen LogP contribution in [0.15, 0.2) is 42.5 Å². The first-order valence-electron chi connectivity index (χ1n) is 6.51. The van der Waals surface area contributed by atoms with E-state index in [0.29, 0.717) is 17.5 Å². The average Bonchev–Trinajstić information content (AvgIpc) is 2.76. The second-order valence-corrected chi connectivity index (χ2v) is 5.20. The molecule has 1 aliphatic carbocycles. The van der Waals surface area contributed by atoms with Gasteiger partial charge < -0.3 is 5.11 Å². The molecule has 2 atom stereocenters. The Hall–Kier alpha value is -1.88. The lowest BCUT2D eigenvalue weighted by molar-refractivity contribution is -0.137. The monoisotopic (exact) mass is 296 g/mol. The summed E-state index contributed by atoms with van der Waals surface area (Å²) in [6.45, 7) is 0. The van der Waals surface area contributed by atoms with Crippen LogP contribution in [-0.2, 0) is 6.18 Å². The van der Waals surface area contributed by atoms with Gasteiger partial charge in [0.15, 0.2) is 0 Å². The van der Waals surface area contributed by atoms with E-state index in [1.807, 2.05) is 0 Å². The number of benzene rings is 2. The van der Waals surface area contributed by atoms with Crippen molar-refractivity contribution in [3.63, 3.8) is 0 Å². The molecule has 1 aliphatic rings. The molecule has 0 saturated heterocycles. The number of aliphatic hydroxyl groups excluding tert-OH is 1. The minimum absolute atomic E-state index is 0.210. The van der Waals surface area contributed by atoms with Crippen LogP contribution in [0, 0.1) is 5.82 Å². The summed E-state index contributed by atoms with van der Waals surface area (Å²) in [7, 11) is 0. The standard InChI is InChI=1S/C16H12F4O/c17-11-4-1-9(2-5-11)13-8-15(21)14-7-10(16(18,19)20)3-6-12(13)14/h1-7,13,15,21H,8H2. The van der Waals surface area contributed by atoms with E-state index in [2.05, 4.69) is 0 Å². The molecule has 2 aromatic rings. The highest BCUT2D eigenvalue weighted by atomic mass is 19.4. The van der Waals surface area contributed by atoms with Crippen LogP contribution in [0.4, 0.5) is 17.6 Å². The molecule has 21 heavy (non-hydrogen) atoms. The van der Waals surface area contributed by atoms with Gasteiger partial charge >= 0.3 is 6.18 Å². The number of halogens is 4. The zero-order valence-corrected chi connectivity index (χ0v) is 10.9. The van der Waals surface area contributed by atoms with E-state index in [9.17, 15) is 22.7 Å². The van der Waals surface area contributed by atoms with E-state index >= 15 is 0 Å². The maximum absolute atomic E-state index is 13.0. The zero-order chi connectivity index (χ0) is 15.2. The zero-order valence-electron chi connectivity index (χ0n) is 10.9. The van der Waals surface area contributed by atoms with Crippen LogP contribution in [-0.4, -0.2) is 5.11 Å². The van der Waals surface area contributed by atoms with Crippen molar-refractivity contribution in [1.29, 1.82) is 0 Å². The Morgan fingerprint density at radius 3 is 2.24 bits per heavy atom. The summed E-state index contributed by atoms with van der Waals surface area (Å²) in [6.07, 6.45) is -5.05. The molecule has 110 valence electrons. The van der Waals surface area contributed by atoms with Gasteiger partial charge in [-0.05, 0) is 47.4 Å². The van der Waals surface area contributed by atoms with E-state index in [1.165, 1.54) is 18.2 Å². The number of alkyl halides is 3. The predicted molar refractivity (Wildman–Crippen MR) is 69.3 cm³/mol. The highest BCUT2D eigenvalue weighted by Gasteiger charge is 2.36. The van der Waals surface area contributed by atoms with Gasteiger partial charge in [-0.25, -0.2) is 4.39 Å². The normalized spacial score (nSPS) is 21.4. The van der Waals surface area contributed by atoms with Crippen molar-refractivity contribution < 1.29 is 22.7 Å². The summed E-state index contributed by atoms with van der Waals surface area (Å²) in [6, 6.07) is 9.24.